The van der Waals surface area contributed by atoms with Crippen LogP contribution in [0.3, 0.4) is 0 Å². The summed E-state index contributed by atoms with van der Waals surface area (Å²) in [4.78, 5) is 16.5. The van der Waals surface area contributed by atoms with Crippen molar-refractivity contribution in [3.63, 3.8) is 0 Å². The van der Waals surface area contributed by atoms with E-state index in [1.165, 1.54) is 0 Å². The molecule has 1 amide bonds. The molecule has 0 unspecified atom stereocenters. The van der Waals surface area contributed by atoms with Crippen LogP contribution in [0.1, 0.15) is 10.4 Å². The van der Waals surface area contributed by atoms with Crippen LogP contribution in [0.15, 0.2) is 42.6 Å². The number of nitrogens with zero attached hydrogens (tertiary/aromatic N) is 1. The van der Waals surface area contributed by atoms with Gasteiger partial charge in [0.05, 0.1) is 18.4 Å². The number of hydrogen-bond acceptors (Lipinski definition) is 5. The minimum absolute atomic E-state index is 0. The average Bonchev–Trinajstić information content (AvgIpc) is 2.56. The number of benzene rings is 1. The first-order chi connectivity index (χ1) is 10.8. The van der Waals surface area contributed by atoms with Gasteiger partial charge in [0.1, 0.15) is 11.6 Å². The topological polar surface area (TPSA) is 75.3 Å². The zero-order chi connectivity index (χ0) is 15.8. The number of methoxy groups -OCH3 is 1. The van der Waals surface area contributed by atoms with Gasteiger partial charge in [-0.15, -0.1) is 24.8 Å². The van der Waals surface area contributed by atoms with Gasteiger partial charge in [0, 0.05) is 19.3 Å². The van der Waals surface area contributed by atoms with E-state index in [4.69, 9.17) is 4.74 Å². The molecule has 0 aliphatic rings. The predicted octanol–water partition coefficient (Wildman–Crippen LogP) is 2.63. The number of amides is 1. The summed E-state index contributed by atoms with van der Waals surface area (Å²) in [7, 11) is 3.44. The van der Waals surface area contributed by atoms with Crippen LogP contribution >= 0.6 is 24.8 Å². The van der Waals surface area contributed by atoms with E-state index in [0.717, 1.165) is 5.69 Å². The Kier molecular flexibility index (Phi) is 10.5. The van der Waals surface area contributed by atoms with Gasteiger partial charge in [-0.3, -0.25) is 4.79 Å². The molecule has 1 heterocycles. The van der Waals surface area contributed by atoms with Crippen LogP contribution in [0.25, 0.3) is 0 Å². The third-order valence-electron chi connectivity index (χ3n) is 3.07. The maximum atomic E-state index is 12.2. The van der Waals surface area contributed by atoms with Crippen molar-refractivity contribution in [3.05, 3.63) is 48.2 Å². The van der Waals surface area contributed by atoms with Crippen molar-refractivity contribution in [2.24, 2.45) is 0 Å². The van der Waals surface area contributed by atoms with Gasteiger partial charge < -0.3 is 20.7 Å². The number of nitrogens with one attached hydrogen (secondary N) is 3. The lowest BCUT2D eigenvalue weighted by atomic mass is 10.2. The molecule has 6 nitrogen and oxygen atoms in total. The minimum Gasteiger partial charge on any atom is -0.495 e. The van der Waals surface area contributed by atoms with Crippen LogP contribution in [-0.2, 0) is 0 Å². The number of hydrogen-bond donors (Lipinski definition) is 3. The predicted molar refractivity (Wildman–Crippen MR) is 101 cm³/mol. The smallest absolute Gasteiger partial charge is 0.255 e. The Balaban J connectivity index is 0.00000264. The number of likely N-dealkylation sites (N-methyl/N-ethyl adjacent to an activating group) is 1. The second-order valence-electron chi connectivity index (χ2n) is 4.58. The molecule has 0 aliphatic carbocycles. The molecule has 2 rings (SSSR count). The van der Waals surface area contributed by atoms with Gasteiger partial charge >= 0.3 is 0 Å². The highest BCUT2D eigenvalue weighted by molar-refractivity contribution is 5.99. The summed E-state index contributed by atoms with van der Waals surface area (Å²) < 4.78 is 5.30. The molecular weight excluding hydrogens is 351 g/mol. The number of carbonyl (C=O) groups excluding carboxylic acids is 1. The highest BCUT2D eigenvalue weighted by Gasteiger charge is 2.13. The van der Waals surface area contributed by atoms with Gasteiger partial charge in [0.15, 0.2) is 0 Å². The second-order valence-corrected chi connectivity index (χ2v) is 4.58. The quantitative estimate of drug-likeness (QED) is 0.651. The minimum atomic E-state index is -0.166. The first kappa shape index (κ1) is 22.0. The Morgan fingerprint density at radius 2 is 1.88 bits per heavy atom. The van der Waals surface area contributed by atoms with Gasteiger partial charge in [-0.2, -0.15) is 0 Å². The lowest BCUT2D eigenvalue weighted by Crippen LogP contribution is -2.30. The standard InChI is InChI=1S/C16H20N4O2.2ClH/c1-17-10-11-19-16(21)12-6-5-9-18-15(12)20-13-7-3-4-8-14(13)22-2;;/h3-9,17H,10-11H2,1-2H3,(H,18,20)(H,19,21);2*1H. The summed E-state index contributed by atoms with van der Waals surface area (Å²) >= 11 is 0. The van der Waals surface area contributed by atoms with Crippen LogP contribution in [0.2, 0.25) is 0 Å². The molecule has 0 saturated carbocycles. The van der Waals surface area contributed by atoms with Gasteiger partial charge in [0.2, 0.25) is 0 Å². The van der Waals surface area contributed by atoms with E-state index < -0.39 is 0 Å². The molecule has 0 bridgehead atoms. The summed E-state index contributed by atoms with van der Waals surface area (Å²) in [5.74, 6) is 1.02. The number of rotatable bonds is 7. The van der Waals surface area contributed by atoms with Crippen molar-refractivity contribution in [2.75, 3.05) is 32.6 Å². The zero-order valence-corrected chi connectivity index (χ0v) is 15.2. The van der Waals surface area contributed by atoms with Crippen LogP contribution in [0.4, 0.5) is 11.5 Å². The fourth-order valence-corrected chi connectivity index (χ4v) is 1.96. The van der Waals surface area contributed by atoms with Crippen molar-refractivity contribution in [2.45, 2.75) is 0 Å². The van der Waals surface area contributed by atoms with Gasteiger partial charge in [-0.1, -0.05) is 12.1 Å². The van der Waals surface area contributed by atoms with E-state index in [9.17, 15) is 4.79 Å². The normalized spacial score (nSPS) is 9.25. The molecule has 0 saturated heterocycles. The van der Waals surface area contributed by atoms with E-state index >= 15 is 0 Å². The van der Waals surface area contributed by atoms with E-state index in [1.807, 2.05) is 31.3 Å². The molecule has 0 radical (unpaired) electrons. The molecule has 0 atom stereocenters. The van der Waals surface area contributed by atoms with E-state index in [1.54, 1.807) is 25.4 Å². The molecule has 0 fully saturated rings. The molecule has 24 heavy (non-hydrogen) atoms. The highest BCUT2D eigenvalue weighted by atomic mass is 35.5. The number of pyridine rings is 1. The Bertz CT molecular complexity index is 641. The van der Waals surface area contributed by atoms with Crippen molar-refractivity contribution in [1.82, 2.24) is 15.6 Å². The van der Waals surface area contributed by atoms with Crippen LogP contribution in [0, 0.1) is 0 Å². The van der Waals surface area contributed by atoms with E-state index in [-0.39, 0.29) is 30.7 Å². The van der Waals surface area contributed by atoms with E-state index in [0.29, 0.717) is 30.2 Å². The maximum absolute atomic E-state index is 12.2. The SMILES string of the molecule is CNCCNC(=O)c1cccnc1Nc1ccccc1OC.Cl.Cl. The first-order valence-electron chi connectivity index (χ1n) is 7.04. The van der Waals surface area contributed by atoms with Crippen molar-refractivity contribution in [1.29, 1.82) is 0 Å². The second kappa shape index (κ2) is 11.5. The summed E-state index contributed by atoms with van der Waals surface area (Å²) in [6.07, 6.45) is 1.64. The van der Waals surface area contributed by atoms with Gasteiger partial charge in [-0.05, 0) is 31.3 Å². The third kappa shape index (κ3) is 5.88. The molecule has 132 valence electrons. The summed E-state index contributed by atoms with van der Waals surface area (Å²) in [5.41, 5.74) is 1.25. The summed E-state index contributed by atoms with van der Waals surface area (Å²) in [5, 5.41) is 8.97. The number of carbonyl (C=O) groups is 1. The van der Waals surface area contributed by atoms with Crippen molar-refractivity contribution >= 4 is 42.2 Å². The number of aromatic nitrogens is 1. The molecule has 0 aliphatic heterocycles. The van der Waals surface area contributed by atoms with Crippen LogP contribution in [-0.4, -0.2) is 38.1 Å². The van der Waals surface area contributed by atoms with Gasteiger partial charge in [-0.25, -0.2) is 4.98 Å². The van der Waals surface area contributed by atoms with Gasteiger partial charge in [0.25, 0.3) is 5.91 Å². The zero-order valence-electron chi connectivity index (χ0n) is 13.5. The monoisotopic (exact) mass is 372 g/mol. The fourth-order valence-electron chi connectivity index (χ4n) is 1.96. The lowest BCUT2D eigenvalue weighted by Gasteiger charge is -2.13. The fraction of sp³-hybridized carbons (Fsp3) is 0.250. The summed E-state index contributed by atoms with van der Waals surface area (Å²) in [6.45, 7) is 1.26. The highest BCUT2D eigenvalue weighted by Crippen LogP contribution is 2.27. The average molecular weight is 373 g/mol. The van der Waals surface area contributed by atoms with E-state index in [2.05, 4.69) is 20.9 Å². The number of halogens is 2. The van der Waals surface area contributed by atoms with Crippen molar-refractivity contribution in [3.8, 4) is 5.75 Å². The Morgan fingerprint density at radius 3 is 2.58 bits per heavy atom. The van der Waals surface area contributed by atoms with Crippen LogP contribution < -0.4 is 20.7 Å². The number of anilines is 2. The Hall–Kier alpha value is -2.02. The molecule has 3 N–H and O–H groups in total. The van der Waals surface area contributed by atoms with Crippen LogP contribution in [0.5, 0.6) is 5.75 Å². The molecule has 8 heteroatoms. The first-order valence-corrected chi connectivity index (χ1v) is 7.04. The Morgan fingerprint density at radius 1 is 1.12 bits per heavy atom. The number of para-hydroxylation sites is 2. The van der Waals surface area contributed by atoms with Crippen molar-refractivity contribution < 1.29 is 9.53 Å². The molecule has 2 aromatic rings. The largest absolute Gasteiger partial charge is 0.495 e. The molecule has 0 spiro atoms. The maximum Gasteiger partial charge on any atom is 0.255 e. The Labute approximate surface area is 154 Å². The molecular formula is C16H22Cl2N4O2. The lowest BCUT2D eigenvalue weighted by molar-refractivity contribution is 0.0954. The molecule has 1 aromatic heterocycles. The number of ether oxygens (including phenoxy) is 1. The summed E-state index contributed by atoms with van der Waals surface area (Å²) in [6, 6.07) is 11.0. The molecule has 1 aromatic carbocycles. The third-order valence-corrected chi connectivity index (χ3v) is 3.07.